The first-order valence-electron chi connectivity index (χ1n) is 7.34. The molecular formula is C15H22ClNO3S. The lowest BCUT2D eigenvalue weighted by Crippen LogP contribution is -2.34. The molecule has 4 nitrogen and oxygen atoms in total. The van der Waals surface area contributed by atoms with Gasteiger partial charge in [0, 0.05) is 6.04 Å². The van der Waals surface area contributed by atoms with Crippen LogP contribution in [0.1, 0.15) is 44.6 Å². The van der Waals surface area contributed by atoms with Gasteiger partial charge in [-0.2, -0.15) is 0 Å². The Bertz CT molecular complexity index is 589. The topological polar surface area (TPSA) is 66.4 Å². The fraction of sp³-hybridized carbons (Fsp3) is 0.600. The lowest BCUT2D eigenvalue weighted by Gasteiger charge is -2.17. The first kappa shape index (κ1) is 16.7. The minimum atomic E-state index is -3.65. The second kappa shape index (κ2) is 7.09. The highest BCUT2D eigenvalue weighted by Gasteiger charge is 2.24. The van der Waals surface area contributed by atoms with Gasteiger partial charge in [0.25, 0.3) is 0 Å². The maximum atomic E-state index is 12.5. The number of nitrogens with one attached hydrogen (secondary N) is 1. The molecule has 1 aliphatic carbocycles. The molecule has 0 aliphatic heterocycles. The number of rotatable bonds is 4. The molecule has 0 aromatic heterocycles. The van der Waals surface area contributed by atoms with Crippen molar-refractivity contribution in [1.82, 2.24) is 4.72 Å². The van der Waals surface area contributed by atoms with Crippen molar-refractivity contribution in [3.05, 3.63) is 28.8 Å². The molecule has 6 heteroatoms. The molecule has 0 radical (unpaired) electrons. The van der Waals surface area contributed by atoms with Gasteiger partial charge in [-0.3, -0.25) is 0 Å². The van der Waals surface area contributed by atoms with E-state index in [-0.39, 0.29) is 22.6 Å². The van der Waals surface area contributed by atoms with Crippen molar-refractivity contribution in [1.29, 1.82) is 0 Å². The largest absolute Gasteiger partial charge is 0.392 e. The van der Waals surface area contributed by atoms with Gasteiger partial charge in [-0.05, 0) is 42.9 Å². The van der Waals surface area contributed by atoms with Crippen LogP contribution in [0.5, 0.6) is 0 Å². The monoisotopic (exact) mass is 331 g/mol. The zero-order valence-electron chi connectivity index (χ0n) is 12.2. The van der Waals surface area contributed by atoms with Crippen molar-refractivity contribution >= 4 is 21.6 Å². The van der Waals surface area contributed by atoms with E-state index in [9.17, 15) is 8.42 Å². The van der Waals surface area contributed by atoms with Crippen molar-refractivity contribution in [2.75, 3.05) is 0 Å². The van der Waals surface area contributed by atoms with Crippen LogP contribution in [-0.2, 0) is 16.6 Å². The molecule has 2 unspecified atom stereocenters. The first-order chi connectivity index (χ1) is 9.92. The molecule has 2 atom stereocenters. The highest BCUT2D eigenvalue weighted by atomic mass is 35.5. The van der Waals surface area contributed by atoms with Gasteiger partial charge < -0.3 is 5.11 Å². The normalized spacial score (nSPS) is 23.8. The Hall–Kier alpha value is -0.620. The predicted octanol–water partition coefficient (Wildman–Crippen LogP) is 3.08. The van der Waals surface area contributed by atoms with Crippen LogP contribution in [0.2, 0.25) is 5.02 Å². The number of benzene rings is 1. The van der Waals surface area contributed by atoms with Crippen LogP contribution in [0.25, 0.3) is 0 Å². The zero-order chi connectivity index (χ0) is 15.5. The summed E-state index contributed by atoms with van der Waals surface area (Å²) in [4.78, 5) is 0.0491. The molecule has 1 aliphatic rings. The SMILES string of the molecule is CC1CCCC(NS(=O)(=O)c2cc(CO)ccc2Cl)CC1. The molecule has 2 rings (SSSR count). The molecule has 1 fully saturated rings. The Labute approximate surface area is 131 Å². The van der Waals surface area contributed by atoms with E-state index in [0.717, 1.165) is 32.1 Å². The zero-order valence-corrected chi connectivity index (χ0v) is 13.8. The van der Waals surface area contributed by atoms with Gasteiger partial charge in [-0.15, -0.1) is 0 Å². The maximum Gasteiger partial charge on any atom is 0.242 e. The summed E-state index contributed by atoms with van der Waals surface area (Å²) < 4.78 is 27.8. The molecule has 0 spiro atoms. The van der Waals surface area contributed by atoms with E-state index in [0.29, 0.717) is 11.5 Å². The molecule has 1 saturated carbocycles. The lowest BCUT2D eigenvalue weighted by atomic mass is 10.0. The van der Waals surface area contributed by atoms with E-state index in [1.165, 1.54) is 12.1 Å². The Kier molecular flexibility index (Phi) is 5.66. The Balaban J connectivity index is 2.18. The van der Waals surface area contributed by atoms with Gasteiger partial charge in [0.05, 0.1) is 11.6 Å². The summed E-state index contributed by atoms with van der Waals surface area (Å²) in [6.45, 7) is 2.00. The van der Waals surface area contributed by atoms with E-state index in [1.807, 2.05) is 0 Å². The Morgan fingerprint density at radius 3 is 2.76 bits per heavy atom. The average Bonchev–Trinajstić information content (AvgIpc) is 2.63. The van der Waals surface area contributed by atoms with Gasteiger partial charge in [-0.25, -0.2) is 13.1 Å². The highest BCUT2D eigenvalue weighted by molar-refractivity contribution is 7.89. The summed E-state index contributed by atoms with van der Waals surface area (Å²) in [6, 6.07) is 4.53. The second-order valence-electron chi connectivity index (χ2n) is 5.85. The molecule has 0 bridgehead atoms. The van der Waals surface area contributed by atoms with Crippen LogP contribution < -0.4 is 4.72 Å². The van der Waals surface area contributed by atoms with Crippen LogP contribution in [0.3, 0.4) is 0 Å². The minimum absolute atomic E-state index is 0.0335. The van der Waals surface area contributed by atoms with Gasteiger partial charge in [-0.1, -0.05) is 37.4 Å². The summed E-state index contributed by atoms with van der Waals surface area (Å²) in [5.41, 5.74) is 0.536. The molecule has 2 N–H and O–H groups in total. The third-order valence-corrected chi connectivity index (χ3v) is 6.05. The molecule has 118 valence electrons. The molecule has 21 heavy (non-hydrogen) atoms. The van der Waals surface area contributed by atoms with Crippen LogP contribution in [0.15, 0.2) is 23.1 Å². The second-order valence-corrected chi connectivity index (χ2v) is 7.94. The maximum absolute atomic E-state index is 12.5. The summed E-state index contributed by atoms with van der Waals surface area (Å²) in [7, 11) is -3.65. The van der Waals surface area contributed by atoms with E-state index in [2.05, 4.69) is 11.6 Å². The predicted molar refractivity (Wildman–Crippen MR) is 83.7 cm³/mol. The molecule has 1 aromatic carbocycles. The highest BCUT2D eigenvalue weighted by Crippen LogP contribution is 2.26. The average molecular weight is 332 g/mol. The number of halogens is 1. The van der Waals surface area contributed by atoms with E-state index in [4.69, 9.17) is 16.7 Å². The first-order valence-corrected chi connectivity index (χ1v) is 9.20. The van der Waals surface area contributed by atoms with Crippen LogP contribution in [-0.4, -0.2) is 19.6 Å². The number of hydrogen-bond acceptors (Lipinski definition) is 3. The van der Waals surface area contributed by atoms with E-state index in [1.54, 1.807) is 6.07 Å². The van der Waals surface area contributed by atoms with Gasteiger partial charge in [0.2, 0.25) is 10.0 Å². The minimum Gasteiger partial charge on any atom is -0.392 e. The molecular weight excluding hydrogens is 310 g/mol. The fourth-order valence-electron chi connectivity index (χ4n) is 2.74. The quantitative estimate of drug-likeness (QED) is 0.833. The van der Waals surface area contributed by atoms with Gasteiger partial charge in [0.1, 0.15) is 4.90 Å². The molecule has 0 saturated heterocycles. The van der Waals surface area contributed by atoms with Crippen molar-refractivity contribution in [2.24, 2.45) is 5.92 Å². The third-order valence-electron chi connectivity index (χ3n) is 4.05. The molecule has 0 heterocycles. The Morgan fingerprint density at radius 2 is 2.05 bits per heavy atom. The van der Waals surface area contributed by atoms with Crippen LogP contribution >= 0.6 is 11.6 Å². The number of aliphatic hydroxyl groups excluding tert-OH is 1. The van der Waals surface area contributed by atoms with Crippen molar-refractivity contribution in [2.45, 2.75) is 56.6 Å². The summed E-state index contributed by atoms with van der Waals surface area (Å²) in [5, 5.41) is 9.33. The standard InChI is InChI=1S/C15H22ClNO3S/c1-11-3-2-4-13(7-5-11)17-21(19,20)15-9-12(10-18)6-8-14(15)16/h6,8-9,11,13,17-18H,2-5,7,10H2,1H3. The number of aliphatic hydroxyl groups is 1. The summed E-state index contributed by atoms with van der Waals surface area (Å²) in [6.07, 6.45) is 4.95. The van der Waals surface area contributed by atoms with Gasteiger partial charge >= 0.3 is 0 Å². The third kappa shape index (κ3) is 4.42. The number of hydrogen-bond donors (Lipinski definition) is 2. The number of sulfonamides is 1. The summed E-state index contributed by atoms with van der Waals surface area (Å²) >= 11 is 6.01. The van der Waals surface area contributed by atoms with Crippen molar-refractivity contribution < 1.29 is 13.5 Å². The van der Waals surface area contributed by atoms with Crippen LogP contribution in [0.4, 0.5) is 0 Å². The van der Waals surface area contributed by atoms with E-state index < -0.39 is 10.0 Å². The van der Waals surface area contributed by atoms with Crippen LogP contribution in [0, 0.1) is 5.92 Å². The Morgan fingerprint density at radius 1 is 1.29 bits per heavy atom. The molecule has 1 aromatic rings. The molecule has 0 amide bonds. The van der Waals surface area contributed by atoms with E-state index >= 15 is 0 Å². The van der Waals surface area contributed by atoms with Crippen molar-refractivity contribution in [3.63, 3.8) is 0 Å². The lowest BCUT2D eigenvalue weighted by molar-refractivity contribution is 0.281. The fourth-order valence-corrected chi connectivity index (χ4v) is 4.59. The van der Waals surface area contributed by atoms with Gasteiger partial charge in [0.15, 0.2) is 0 Å². The smallest absolute Gasteiger partial charge is 0.242 e. The summed E-state index contributed by atoms with van der Waals surface area (Å²) in [5.74, 6) is 0.654. The van der Waals surface area contributed by atoms with Crippen molar-refractivity contribution in [3.8, 4) is 0 Å².